The van der Waals surface area contributed by atoms with Crippen molar-refractivity contribution >= 4 is 53.3 Å². The monoisotopic (exact) mass is 786 g/mol. The standard InChI is InChI=1S/C33H62N12O10/c1-16(2)13-21(29(51)45-25(17(3)4)31(53)41-20(32(54)55)10-8-12-39-33(37)38)43-28(50)22(14-24(36)47)42-26(48)18(5)40-30(52)23(15-46)44-27(49)19(35)9-6-7-11-34/h16-23,25,46H,6-15,34-35H2,1-5H3,(H2,36,47)(H,40,52)(H,41,53)(H,42,48)(H,43,50)(H,44,49)(H,45,51)(H,54,55)(H4,37,38,39)/t18-,19-,20-,21-,22-,23-,25-/m0/s1. The molecule has 0 fully saturated rings. The fourth-order valence-electron chi connectivity index (χ4n) is 4.99. The molecule has 7 atom stereocenters. The number of aliphatic hydroxyl groups is 1. The van der Waals surface area contributed by atoms with Crippen LogP contribution >= 0.6 is 0 Å². The third-order valence-corrected chi connectivity index (χ3v) is 8.06. The molecule has 0 aromatic heterocycles. The molecule has 0 unspecified atom stereocenters. The van der Waals surface area contributed by atoms with Gasteiger partial charge < -0.3 is 70.8 Å². The Labute approximate surface area is 320 Å². The highest BCUT2D eigenvalue weighted by atomic mass is 16.4. The van der Waals surface area contributed by atoms with Crippen LogP contribution in [0.25, 0.3) is 0 Å². The number of nitrogens with two attached hydrogens (primary N) is 5. The van der Waals surface area contributed by atoms with E-state index in [0.717, 1.165) is 0 Å². The van der Waals surface area contributed by atoms with Crippen LogP contribution in [0.1, 0.15) is 79.6 Å². The number of aliphatic hydroxyl groups excluding tert-OH is 1. The number of amides is 7. The van der Waals surface area contributed by atoms with Crippen molar-refractivity contribution in [2.75, 3.05) is 19.7 Å². The molecule has 0 bridgehead atoms. The van der Waals surface area contributed by atoms with E-state index in [0.29, 0.717) is 19.4 Å². The molecule has 0 rings (SSSR count). The summed E-state index contributed by atoms with van der Waals surface area (Å²) < 4.78 is 0. The maximum atomic E-state index is 13.6. The molecule has 22 nitrogen and oxygen atoms in total. The Bertz CT molecular complexity index is 1340. The second-order valence-electron chi connectivity index (χ2n) is 13.9. The number of nitrogens with one attached hydrogen (secondary N) is 6. The third-order valence-electron chi connectivity index (χ3n) is 8.06. The van der Waals surface area contributed by atoms with Crippen LogP contribution in [0.5, 0.6) is 0 Å². The summed E-state index contributed by atoms with van der Waals surface area (Å²) in [5.41, 5.74) is 27.2. The number of nitrogens with zero attached hydrogens (tertiary/aromatic N) is 1. The Morgan fingerprint density at radius 1 is 0.636 bits per heavy atom. The molecule has 0 saturated heterocycles. The lowest BCUT2D eigenvalue weighted by Crippen LogP contribution is -2.60. The Balaban J connectivity index is 5.82. The molecule has 0 aliphatic rings. The van der Waals surface area contributed by atoms with Gasteiger partial charge in [-0.05, 0) is 57.4 Å². The van der Waals surface area contributed by atoms with Crippen LogP contribution in [0.15, 0.2) is 4.99 Å². The Morgan fingerprint density at radius 3 is 1.69 bits per heavy atom. The molecule has 22 heteroatoms. The minimum absolute atomic E-state index is 0.0127. The van der Waals surface area contributed by atoms with Gasteiger partial charge in [-0.1, -0.05) is 34.1 Å². The number of hydrogen-bond acceptors (Lipinski definition) is 12. The van der Waals surface area contributed by atoms with Gasteiger partial charge >= 0.3 is 5.97 Å². The van der Waals surface area contributed by atoms with Crippen LogP contribution in [-0.4, -0.2) is 125 Å². The van der Waals surface area contributed by atoms with Crippen molar-refractivity contribution in [2.45, 2.75) is 122 Å². The minimum atomic E-state index is -1.62. The number of rotatable bonds is 27. The predicted octanol–water partition coefficient (Wildman–Crippen LogP) is -4.92. The number of carbonyl (C=O) groups excluding carboxylic acids is 7. The minimum Gasteiger partial charge on any atom is -0.480 e. The lowest BCUT2D eigenvalue weighted by Gasteiger charge is -2.28. The maximum absolute atomic E-state index is 13.6. The number of aliphatic carboxylic acids is 1. The zero-order valence-electron chi connectivity index (χ0n) is 32.3. The number of guanidine groups is 1. The van der Waals surface area contributed by atoms with Gasteiger partial charge in [-0.25, -0.2) is 4.79 Å². The van der Waals surface area contributed by atoms with Crippen LogP contribution in [0.4, 0.5) is 0 Å². The van der Waals surface area contributed by atoms with Crippen molar-refractivity contribution in [3.8, 4) is 0 Å². The molecule has 0 aliphatic carbocycles. The second-order valence-corrected chi connectivity index (χ2v) is 13.9. The first-order valence-corrected chi connectivity index (χ1v) is 18.1. The van der Waals surface area contributed by atoms with Gasteiger partial charge in [-0.3, -0.25) is 38.6 Å². The highest BCUT2D eigenvalue weighted by Gasteiger charge is 2.34. The molecule has 7 amide bonds. The number of primary amides is 1. The SMILES string of the molecule is CC(C)C[C@H](NC(=O)[C@H](CC(N)=O)NC(=O)[C@H](C)NC(=O)[C@H](CO)NC(=O)[C@@H](N)CCCCN)C(=O)N[C@H](C(=O)N[C@@H](CCCN=C(N)N)C(=O)O)C(C)C. The van der Waals surface area contributed by atoms with E-state index >= 15 is 0 Å². The van der Waals surface area contributed by atoms with Crippen LogP contribution < -0.4 is 60.6 Å². The summed E-state index contributed by atoms with van der Waals surface area (Å²) in [5, 5.41) is 33.7. The van der Waals surface area contributed by atoms with Crippen molar-refractivity contribution in [3.05, 3.63) is 0 Å². The number of unbranched alkanes of at least 4 members (excludes halogenated alkanes) is 1. The lowest BCUT2D eigenvalue weighted by atomic mass is 9.99. The van der Waals surface area contributed by atoms with Gasteiger partial charge in [0.05, 0.1) is 19.1 Å². The number of hydrogen-bond donors (Lipinski definition) is 13. The number of carboxylic acid groups (broad SMARTS) is 1. The van der Waals surface area contributed by atoms with Crippen LogP contribution in [0.3, 0.4) is 0 Å². The molecule has 0 heterocycles. The molecular formula is C33H62N12O10. The van der Waals surface area contributed by atoms with Crippen molar-refractivity contribution in [1.29, 1.82) is 0 Å². The van der Waals surface area contributed by atoms with Crippen molar-refractivity contribution < 1.29 is 48.6 Å². The van der Waals surface area contributed by atoms with Gasteiger partial charge in [0.2, 0.25) is 41.4 Å². The van der Waals surface area contributed by atoms with E-state index in [1.807, 2.05) is 0 Å². The highest BCUT2D eigenvalue weighted by Crippen LogP contribution is 2.10. The summed E-state index contributed by atoms with van der Waals surface area (Å²) >= 11 is 0. The van der Waals surface area contributed by atoms with Crippen molar-refractivity contribution in [3.63, 3.8) is 0 Å². The van der Waals surface area contributed by atoms with E-state index in [1.165, 1.54) is 6.92 Å². The van der Waals surface area contributed by atoms with Gasteiger partial charge in [0.15, 0.2) is 5.96 Å². The van der Waals surface area contributed by atoms with Crippen LogP contribution in [0.2, 0.25) is 0 Å². The summed E-state index contributed by atoms with van der Waals surface area (Å²) in [5.74, 6) is -8.41. The van der Waals surface area contributed by atoms with Crippen LogP contribution in [0, 0.1) is 11.8 Å². The fourth-order valence-corrected chi connectivity index (χ4v) is 4.99. The van der Waals surface area contributed by atoms with E-state index < -0.39 is 109 Å². The Morgan fingerprint density at radius 2 is 1.18 bits per heavy atom. The number of carbonyl (C=O) groups is 8. The van der Waals surface area contributed by atoms with Gasteiger partial charge in [-0.15, -0.1) is 0 Å². The summed E-state index contributed by atoms with van der Waals surface area (Å²) in [4.78, 5) is 106. The molecule has 55 heavy (non-hydrogen) atoms. The molecule has 18 N–H and O–H groups in total. The van der Waals surface area contributed by atoms with Gasteiger partial charge in [-0.2, -0.15) is 0 Å². The van der Waals surface area contributed by atoms with Crippen LogP contribution in [-0.2, 0) is 38.4 Å². The van der Waals surface area contributed by atoms with Gasteiger partial charge in [0.1, 0.15) is 36.3 Å². The Kier molecular flexibility index (Phi) is 23.5. The number of carboxylic acids is 1. The van der Waals surface area contributed by atoms with Crippen molar-refractivity contribution in [2.24, 2.45) is 45.5 Å². The fraction of sp³-hybridized carbons (Fsp3) is 0.727. The molecule has 0 aromatic rings. The summed E-state index contributed by atoms with van der Waals surface area (Å²) in [6.45, 7) is 7.69. The quantitative estimate of drug-likeness (QED) is 0.0211. The molecule has 0 aliphatic heterocycles. The first kappa shape index (κ1) is 49.9. The summed E-state index contributed by atoms with van der Waals surface area (Å²) in [7, 11) is 0. The molecule has 0 radical (unpaired) electrons. The summed E-state index contributed by atoms with van der Waals surface area (Å²) in [6.07, 6.45) is 1.05. The van der Waals surface area contributed by atoms with Gasteiger partial charge in [0, 0.05) is 6.54 Å². The van der Waals surface area contributed by atoms with E-state index in [-0.39, 0.29) is 44.1 Å². The third kappa shape index (κ3) is 20.2. The normalized spacial score (nSPS) is 14.9. The summed E-state index contributed by atoms with van der Waals surface area (Å²) in [6, 6.07) is -9.27. The predicted molar refractivity (Wildman–Crippen MR) is 201 cm³/mol. The maximum Gasteiger partial charge on any atom is 0.326 e. The highest BCUT2D eigenvalue weighted by molar-refractivity contribution is 5.98. The lowest BCUT2D eigenvalue weighted by molar-refractivity contribution is -0.142. The van der Waals surface area contributed by atoms with E-state index in [9.17, 15) is 48.6 Å². The van der Waals surface area contributed by atoms with E-state index in [1.54, 1.807) is 27.7 Å². The molecule has 0 spiro atoms. The second kappa shape index (κ2) is 25.8. The first-order chi connectivity index (χ1) is 25.6. The molecule has 0 saturated carbocycles. The van der Waals surface area contributed by atoms with E-state index in [2.05, 4.69) is 36.9 Å². The zero-order valence-corrected chi connectivity index (χ0v) is 32.3. The first-order valence-electron chi connectivity index (χ1n) is 18.1. The zero-order chi connectivity index (χ0) is 42.4. The average Bonchev–Trinajstić information content (AvgIpc) is 3.08. The number of aliphatic imine (C=N–C) groups is 1. The molecule has 0 aromatic carbocycles. The van der Waals surface area contributed by atoms with Crippen molar-refractivity contribution in [1.82, 2.24) is 31.9 Å². The molecular weight excluding hydrogens is 724 g/mol. The largest absolute Gasteiger partial charge is 0.480 e. The Hall–Kier alpha value is -5.09. The van der Waals surface area contributed by atoms with E-state index in [4.69, 9.17) is 28.7 Å². The topological polar surface area (TPSA) is 392 Å². The smallest absolute Gasteiger partial charge is 0.326 e. The van der Waals surface area contributed by atoms with Gasteiger partial charge in [0.25, 0.3) is 0 Å². The average molecular weight is 787 g/mol. The molecule has 314 valence electrons.